The van der Waals surface area contributed by atoms with E-state index in [4.69, 9.17) is 0 Å². The van der Waals surface area contributed by atoms with Crippen LogP contribution in [0.1, 0.15) is 246 Å². The van der Waals surface area contributed by atoms with Crippen LogP contribution in [0.5, 0.6) is 0 Å². The number of hydrogen-bond donors (Lipinski definition) is 0. The zero-order valence-electron chi connectivity index (χ0n) is 31.7. The molecule has 0 atom stereocenters. The maximum absolute atomic E-state index is 2.46. The Hall–Kier alpha value is 0.910. The predicted molar refractivity (Wildman–Crippen MR) is 206 cm³/mol. The van der Waals surface area contributed by atoms with Crippen LogP contribution < -0.4 is 17.0 Å². The van der Waals surface area contributed by atoms with Crippen LogP contribution in [0.25, 0.3) is 0 Å². The molecule has 2 heteroatoms. The molecule has 0 fully saturated rings. The topological polar surface area (TPSA) is 0 Å². The Morgan fingerprint density at radius 3 is 0.568 bits per heavy atom. The lowest BCUT2D eigenvalue weighted by Crippen LogP contribution is -3.00. The highest BCUT2D eigenvalue weighted by molar-refractivity contribution is 7.75. The van der Waals surface area contributed by atoms with Crippen molar-refractivity contribution in [1.29, 1.82) is 0 Å². The molecule has 0 spiro atoms. The standard InChI is InChI=1S/C42H88P.BrH/c1-5-9-11-13-15-17-19-21-23-25-27-29-31-33-35-37-41-43(39-7-3,40-8-4)42-38-36-34-32-30-28-26-24-22-20-18-16-14-12-10-6-2;/h5-42H2,1-4H3;1H/q+1;/p-1. The monoisotopic (exact) mass is 703 g/mol. The van der Waals surface area contributed by atoms with Gasteiger partial charge in [-0.2, -0.15) is 0 Å². The zero-order valence-corrected chi connectivity index (χ0v) is 34.2. The normalized spacial score (nSPS) is 11.7. The quantitative estimate of drug-likeness (QED) is 0.0444. The molecule has 0 aromatic heterocycles. The van der Waals surface area contributed by atoms with Crippen LogP contribution in [0.4, 0.5) is 0 Å². The van der Waals surface area contributed by atoms with Gasteiger partial charge >= 0.3 is 0 Å². The van der Waals surface area contributed by atoms with Gasteiger partial charge in [-0.05, 0) is 38.5 Å². The second kappa shape index (κ2) is 40.1. The van der Waals surface area contributed by atoms with Gasteiger partial charge in [0, 0.05) is 7.26 Å². The summed E-state index contributed by atoms with van der Waals surface area (Å²) in [4.78, 5) is 0. The third kappa shape index (κ3) is 34.3. The molecule has 0 unspecified atom stereocenters. The van der Waals surface area contributed by atoms with E-state index >= 15 is 0 Å². The van der Waals surface area contributed by atoms with Crippen LogP contribution in [0.3, 0.4) is 0 Å². The highest BCUT2D eigenvalue weighted by Crippen LogP contribution is 2.61. The van der Waals surface area contributed by atoms with Gasteiger partial charge in [-0.15, -0.1) is 0 Å². The summed E-state index contributed by atoms with van der Waals surface area (Å²) in [6.07, 6.45) is 56.9. The maximum Gasteiger partial charge on any atom is 0.0594 e. The Morgan fingerprint density at radius 2 is 0.386 bits per heavy atom. The van der Waals surface area contributed by atoms with Gasteiger partial charge in [0.15, 0.2) is 0 Å². The van der Waals surface area contributed by atoms with E-state index in [0.29, 0.717) is 0 Å². The summed E-state index contributed by atoms with van der Waals surface area (Å²) < 4.78 is 0. The van der Waals surface area contributed by atoms with Gasteiger partial charge in [0.25, 0.3) is 0 Å². The number of unbranched alkanes of at least 4 members (excludes halogenated alkanes) is 30. The molecule has 0 nitrogen and oxygen atoms in total. The van der Waals surface area contributed by atoms with Crippen LogP contribution in [0, 0.1) is 0 Å². The van der Waals surface area contributed by atoms with Crippen molar-refractivity contribution in [2.45, 2.75) is 246 Å². The summed E-state index contributed by atoms with van der Waals surface area (Å²) in [5, 5.41) is 0. The average molecular weight is 704 g/mol. The molecule has 0 rings (SSSR count). The molecule has 0 aliphatic heterocycles. The fourth-order valence-electron chi connectivity index (χ4n) is 7.61. The van der Waals surface area contributed by atoms with Gasteiger partial charge in [0.1, 0.15) is 0 Å². The summed E-state index contributed by atoms with van der Waals surface area (Å²) in [7, 11) is -0.673. The molecule has 0 aromatic rings. The van der Waals surface area contributed by atoms with Gasteiger partial charge in [-0.3, -0.25) is 0 Å². The lowest BCUT2D eigenvalue weighted by molar-refractivity contribution is -0.00000975. The number of halogens is 1. The lowest BCUT2D eigenvalue weighted by atomic mass is 10.0. The number of rotatable bonds is 38. The van der Waals surface area contributed by atoms with Crippen molar-refractivity contribution in [2.24, 2.45) is 0 Å². The molecule has 0 aromatic carbocycles. The fourth-order valence-corrected chi connectivity index (χ4v) is 12.6. The molecule has 0 saturated heterocycles. The summed E-state index contributed by atoms with van der Waals surface area (Å²) >= 11 is 0. The van der Waals surface area contributed by atoms with E-state index in [1.807, 2.05) is 0 Å². The van der Waals surface area contributed by atoms with Crippen molar-refractivity contribution in [1.82, 2.24) is 0 Å². The highest BCUT2D eigenvalue weighted by atomic mass is 79.9. The first-order chi connectivity index (χ1) is 21.2. The van der Waals surface area contributed by atoms with E-state index in [9.17, 15) is 0 Å². The van der Waals surface area contributed by atoms with Gasteiger partial charge < -0.3 is 17.0 Å². The molecule has 0 heterocycles. The Kier molecular flexibility index (Phi) is 42.8. The van der Waals surface area contributed by atoms with Crippen LogP contribution in [-0.2, 0) is 0 Å². The molecule has 0 amide bonds. The maximum atomic E-state index is 2.46. The Morgan fingerprint density at radius 1 is 0.205 bits per heavy atom. The number of hydrogen-bond acceptors (Lipinski definition) is 0. The molecule has 0 aliphatic rings. The minimum atomic E-state index is -0.673. The van der Waals surface area contributed by atoms with E-state index in [2.05, 4.69) is 27.7 Å². The highest BCUT2D eigenvalue weighted by Gasteiger charge is 2.33. The molecule has 0 aliphatic carbocycles. The minimum absolute atomic E-state index is 0. The first kappa shape index (κ1) is 47.0. The second-order valence-electron chi connectivity index (χ2n) is 14.8. The fraction of sp³-hybridized carbons (Fsp3) is 1.00. The Balaban J connectivity index is 0. The molecular weight excluding hydrogens is 615 g/mol. The van der Waals surface area contributed by atoms with Crippen molar-refractivity contribution in [3.8, 4) is 0 Å². The molecule has 0 bridgehead atoms. The van der Waals surface area contributed by atoms with Crippen LogP contribution in [0.15, 0.2) is 0 Å². The van der Waals surface area contributed by atoms with Crippen LogP contribution in [-0.4, -0.2) is 24.6 Å². The summed E-state index contributed by atoms with van der Waals surface area (Å²) in [6.45, 7) is 9.56. The predicted octanol–water partition coefficient (Wildman–Crippen LogP) is 13.4. The molecule has 0 radical (unpaired) electrons. The van der Waals surface area contributed by atoms with Crippen molar-refractivity contribution in [2.75, 3.05) is 24.6 Å². The van der Waals surface area contributed by atoms with Crippen molar-refractivity contribution in [3.63, 3.8) is 0 Å². The van der Waals surface area contributed by atoms with Crippen LogP contribution >= 0.6 is 7.26 Å². The largest absolute Gasteiger partial charge is 1.00 e. The summed E-state index contributed by atoms with van der Waals surface area (Å²) in [5.41, 5.74) is 0. The summed E-state index contributed by atoms with van der Waals surface area (Å²) in [5.74, 6) is 0. The first-order valence-electron chi connectivity index (χ1n) is 21.1. The minimum Gasteiger partial charge on any atom is -1.00 e. The Labute approximate surface area is 293 Å². The van der Waals surface area contributed by atoms with Gasteiger partial charge in [0.05, 0.1) is 24.6 Å². The van der Waals surface area contributed by atoms with E-state index in [-0.39, 0.29) is 17.0 Å². The third-order valence-electron chi connectivity index (χ3n) is 10.4. The van der Waals surface area contributed by atoms with E-state index < -0.39 is 7.26 Å². The Bertz CT molecular complexity index is 448. The molecule has 44 heavy (non-hydrogen) atoms. The molecule has 0 saturated carbocycles. The molecular formula is C42H88BrP. The first-order valence-corrected chi connectivity index (χ1v) is 23.6. The zero-order chi connectivity index (χ0) is 31.4. The SMILES string of the molecule is CCCCCCCCCCCCCCCCCC[P+](CCC)(CCC)CCCCCCCCCCCCCCCCCC.[Br-]. The average Bonchev–Trinajstić information content (AvgIpc) is 3.01. The van der Waals surface area contributed by atoms with Crippen molar-refractivity contribution >= 4 is 7.26 Å². The molecule has 268 valence electrons. The van der Waals surface area contributed by atoms with Gasteiger partial charge in [-0.1, -0.05) is 207 Å². The van der Waals surface area contributed by atoms with E-state index in [1.54, 1.807) is 37.5 Å². The third-order valence-corrected chi connectivity index (χ3v) is 15.7. The van der Waals surface area contributed by atoms with E-state index in [1.165, 1.54) is 205 Å². The van der Waals surface area contributed by atoms with Gasteiger partial charge in [0.2, 0.25) is 0 Å². The summed E-state index contributed by atoms with van der Waals surface area (Å²) in [6, 6.07) is 0. The smallest absolute Gasteiger partial charge is 0.0594 e. The van der Waals surface area contributed by atoms with Gasteiger partial charge in [-0.25, -0.2) is 0 Å². The second-order valence-corrected chi connectivity index (χ2v) is 19.3. The van der Waals surface area contributed by atoms with Crippen molar-refractivity contribution in [3.05, 3.63) is 0 Å². The lowest BCUT2D eigenvalue weighted by Gasteiger charge is -2.27. The molecule has 0 N–H and O–H groups in total. The van der Waals surface area contributed by atoms with Crippen molar-refractivity contribution < 1.29 is 17.0 Å². The van der Waals surface area contributed by atoms with Crippen LogP contribution in [0.2, 0.25) is 0 Å². The van der Waals surface area contributed by atoms with E-state index in [0.717, 1.165) is 0 Å².